The minimum absolute atomic E-state index is 0.0338. The van der Waals surface area contributed by atoms with E-state index in [0.29, 0.717) is 5.69 Å². The molecule has 1 amide bonds. The monoisotopic (exact) mass is 273 g/mol. The Morgan fingerprint density at radius 3 is 3.00 bits per heavy atom. The van der Waals surface area contributed by atoms with Crippen LogP contribution in [0.3, 0.4) is 0 Å². The molecule has 20 heavy (non-hydrogen) atoms. The number of rotatable bonds is 3. The third kappa shape index (κ3) is 2.33. The molecule has 6 heteroatoms. The highest BCUT2D eigenvalue weighted by molar-refractivity contribution is 5.92. The molecular weight excluding hydrogens is 254 g/mol. The lowest BCUT2D eigenvalue weighted by molar-refractivity contribution is 0.0715. The molecule has 0 radical (unpaired) electrons. The number of H-pyrrole nitrogens is 1. The van der Waals surface area contributed by atoms with Gasteiger partial charge in [-0.25, -0.2) is 4.98 Å². The van der Waals surface area contributed by atoms with Gasteiger partial charge in [0, 0.05) is 12.2 Å². The fourth-order valence-electron chi connectivity index (χ4n) is 2.88. The number of carbonyl (C=O) groups is 1. The summed E-state index contributed by atoms with van der Waals surface area (Å²) < 4.78 is 2.00. The average molecular weight is 273 g/mol. The van der Waals surface area contributed by atoms with E-state index in [1.54, 1.807) is 12.5 Å². The third-order valence-corrected chi connectivity index (χ3v) is 3.85. The molecule has 1 aliphatic rings. The summed E-state index contributed by atoms with van der Waals surface area (Å²) in [5, 5.41) is 4.49. The maximum atomic E-state index is 12.4. The fourth-order valence-corrected chi connectivity index (χ4v) is 2.88. The zero-order valence-corrected chi connectivity index (χ0v) is 11.8. The van der Waals surface area contributed by atoms with E-state index in [2.05, 4.69) is 28.1 Å². The molecule has 1 atom stereocenters. The first kappa shape index (κ1) is 12.9. The van der Waals surface area contributed by atoms with Gasteiger partial charge in [0.25, 0.3) is 5.91 Å². The summed E-state index contributed by atoms with van der Waals surface area (Å²) in [5.41, 5.74) is 2.72. The third-order valence-electron chi connectivity index (χ3n) is 3.85. The smallest absolute Gasteiger partial charge is 0.272 e. The molecule has 0 aliphatic carbocycles. The van der Waals surface area contributed by atoms with Crippen molar-refractivity contribution >= 4 is 5.91 Å². The molecule has 0 bridgehead atoms. The molecule has 2 aromatic heterocycles. The number of hydrogen-bond donors (Lipinski definition) is 1. The largest absolute Gasteiger partial charge is 0.341 e. The molecule has 0 saturated carbocycles. The summed E-state index contributed by atoms with van der Waals surface area (Å²) in [7, 11) is 0. The van der Waals surface area contributed by atoms with Crippen LogP contribution in [0.15, 0.2) is 18.6 Å². The number of likely N-dealkylation sites (tertiary alicyclic amines) is 1. The van der Waals surface area contributed by atoms with Crippen LogP contribution in [-0.2, 0) is 6.54 Å². The molecule has 1 aliphatic heterocycles. The molecule has 1 N–H and O–H groups in total. The zero-order valence-electron chi connectivity index (χ0n) is 11.8. The Kier molecular flexibility index (Phi) is 3.30. The van der Waals surface area contributed by atoms with Crippen molar-refractivity contribution in [3.8, 4) is 0 Å². The van der Waals surface area contributed by atoms with Gasteiger partial charge in [-0.3, -0.25) is 9.48 Å². The summed E-state index contributed by atoms with van der Waals surface area (Å²) in [6.45, 7) is 5.61. The lowest BCUT2D eigenvalue weighted by Crippen LogP contribution is -2.38. The summed E-state index contributed by atoms with van der Waals surface area (Å²) in [5.74, 6) is 0.0338. The van der Waals surface area contributed by atoms with E-state index >= 15 is 0 Å². The maximum Gasteiger partial charge on any atom is 0.272 e. The van der Waals surface area contributed by atoms with Gasteiger partial charge in [0.2, 0.25) is 0 Å². The first-order valence-electron chi connectivity index (χ1n) is 6.95. The molecule has 2 aromatic rings. The molecule has 3 heterocycles. The topological polar surface area (TPSA) is 66.8 Å². The molecule has 6 nitrogen and oxygen atoms in total. The van der Waals surface area contributed by atoms with Gasteiger partial charge in [-0.05, 0) is 32.8 Å². The lowest BCUT2D eigenvalue weighted by Gasteiger charge is -2.24. The number of imidazole rings is 1. The van der Waals surface area contributed by atoms with Crippen molar-refractivity contribution in [2.75, 3.05) is 6.54 Å². The van der Waals surface area contributed by atoms with Crippen molar-refractivity contribution in [2.45, 2.75) is 39.3 Å². The minimum atomic E-state index is 0.0338. The van der Waals surface area contributed by atoms with E-state index in [1.165, 1.54) is 0 Å². The van der Waals surface area contributed by atoms with Crippen LogP contribution in [0.5, 0.6) is 0 Å². The predicted molar refractivity (Wildman–Crippen MR) is 74.3 cm³/mol. The highest BCUT2D eigenvalue weighted by atomic mass is 16.2. The number of nitrogens with zero attached hydrogens (tertiary/aromatic N) is 4. The molecule has 106 valence electrons. The number of aryl methyl sites for hydroxylation is 2. The van der Waals surface area contributed by atoms with Crippen molar-refractivity contribution in [3.05, 3.63) is 35.7 Å². The quantitative estimate of drug-likeness (QED) is 0.922. The van der Waals surface area contributed by atoms with Crippen LogP contribution in [0.2, 0.25) is 0 Å². The van der Waals surface area contributed by atoms with Crippen LogP contribution in [-0.4, -0.2) is 43.1 Å². The molecule has 0 spiro atoms. The first-order chi connectivity index (χ1) is 9.65. The second kappa shape index (κ2) is 5.11. The van der Waals surface area contributed by atoms with Crippen molar-refractivity contribution < 1.29 is 4.79 Å². The molecule has 0 aromatic carbocycles. The Balaban J connectivity index is 1.76. The van der Waals surface area contributed by atoms with Gasteiger partial charge in [-0.1, -0.05) is 0 Å². The zero-order chi connectivity index (χ0) is 14.1. The van der Waals surface area contributed by atoms with E-state index in [0.717, 1.165) is 37.3 Å². The van der Waals surface area contributed by atoms with Crippen molar-refractivity contribution in [1.29, 1.82) is 0 Å². The first-order valence-corrected chi connectivity index (χ1v) is 6.95. The Morgan fingerprint density at radius 2 is 2.35 bits per heavy atom. The van der Waals surface area contributed by atoms with Crippen LogP contribution < -0.4 is 0 Å². The minimum Gasteiger partial charge on any atom is -0.341 e. The highest BCUT2D eigenvalue weighted by Gasteiger charge is 2.30. The summed E-state index contributed by atoms with van der Waals surface area (Å²) in [6, 6.07) is 2.28. The number of aromatic amines is 1. The second-order valence-corrected chi connectivity index (χ2v) is 5.37. The lowest BCUT2D eigenvalue weighted by atomic mass is 10.2. The fraction of sp³-hybridized carbons (Fsp3) is 0.500. The van der Waals surface area contributed by atoms with Crippen molar-refractivity contribution in [3.63, 3.8) is 0 Å². The Morgan fingerprint density at radius 1 is 1.50 bits per heavy atom. The normalized spacial score (nSPS) is 18.7. The highest BCUT2D eigenvalue weighted by Crippen LogP contribution is 2.21. The van der Waals surface area contributed by atoms with Gasteiger partial charge in [0.1, 0.15) is 5.69 Å². The summed E-state index contributed by atoms with van der Waals surface area (Å²) >= 11 is 0. The van der Waals surface area contributed by atoms with Crippen LogP contribution in [0.25, 0.3) is 0 Å². The Hall–Kier alpha value is -2.11. The Bertz CT molecular complexity index is 601. The van der Waals surface area contributed by atoms with Gasteiger partial charge < -0.3 is 9.88 Å². The van der Waals surface area contributed by atoms with Gasteiger partial charge in [0.05, 0.1) is 30.8 Å². The van der Waals surface area contributed by atoms with Gasteiger partial charge in [-0.15, -0.1) is 0 Å². The van der Waals surface area contributed by atoms with Gasteiger partial charge in [0.15, 0.2) is 0 Å². The van der Waals surface area contributed by atoms with Gasteiger partial charge >= 0.3 is 0 Å². The van der Waals surface area contributed by atoms with Gasteiger partial charge in [-0.2, -0.15) is 5.10 Å². The van der Waals surface area contributed by atoms with Crippen LogP contribution in [0, 0.1) is 13.8 Å². The molecule has 3 rings (SSSR count). The molecule has 0 unspecified atom stereocenters. The Labute approximate surface area is 117 Å². The summed E-state index contributed by atoms with van der Waals surface area (Å²) in [6.07, 6.45) is 5.20. The molecule has 1 fully saturated rings. The van der Waals surface area contributed by atoms with Crippen LogP contribution in [0.4, 0.5) is 0 Å². The van der Waals surface area contributed by atoms with Crippen molar-refractivity contribution in [1.82, 2.24) is 24.6 Å². The predicted octanol–water partition coefficient (Wildman–Crippen LogP) is 1.53. The van der Waals surface area contributed by atoms with Crippen LogP contribution >= 0.6 is 0 Å². The van der Waals surface area contributed by atoms with E-state index in [4.69, 9.17) is 0 Å². The summed E-state index contributed by atoms with van der Waals surface area (Å²) in [4.78, 5) is 21.2. The number of amides is 1. The van der Waals surface area contributed by atoms with E-state index in [9.17, 15) is 4.79 Å². The number of aromatic nitrogens is 4. The number of hydrogen-bond acceptors (Lipinski definition) is 3. The standard InChI is InChI=1S/C14H19N5O/c1-10-6-11(2)19(17-10)8-12-4-3-5-18(12)14(20)13-7-15-9-16-13/h6-7,9,12H,3-5,8H2,1-2H3,(H,15,16)/t12-/m1/s1. The maximum absolute atomic E-state index is 12.4. The van der Waals surface area contributed by atoms with Crippen LogP contribution in [0.1, 0.15) is 34.7 Å². The van der Waals surface area contributed by atoms with E-state index in [1.807, 2.05) is 16.5 Å². The molecular formula is C14H19N5O. The molecule has 1 saturated heterocycles. The van der Waals surface area contributed by atoms with E-state index in [-0.39, 0.29) is 11.9 Å². The van der Waals surface area contributed by atoms with Crippen molar-refractivity contribution in [2.24, 2.45) is 0 Å². The average Bonchev–Trinajstić information content (AvgIpc) is 3.12. The number of nitrogens with one attached hydrogen (secondary N) is 1. The SMILES string of the molecule is Cc1cc(C)n(C[C@H]2CCCN2C(=O)c2cnc[nH]2)n1. The van der Waals surface area contributed by atoms with E-state index < -0.39 is 0 Å². The number of carbonyl (C=O) groups excluding carboxylic acids is 1. The second-order valence-electron chi connectivity index (χ2n) is 5.37.